The van der Waals surface area contributed by atoms with E-state index in [1.54, 1.807) is 12.8 Å². The Morgan fingerprint density at radius 3 is 1.84 bits per heavy atom. The van der Waals surface area contributed by atoms with Gasteiger partial charge in [-0.2, -0.15) is 0 Å². The molecule has 0 aromatic carbocycles. The van der Waals surface area contributed by atoms with Gasteiger partial charge in [0.2, 0.25) is 0 Å². The van der Waals surface area contributed by atoms with Gasteiger partial charge in [0.05, 0.1) is 26.2 Å². The van der Waals surface area contributed by atoms with Crippen molar-refractivity contribution < 1.29 is 4.48 Å². The largest absolute Gasteiger partial charge is 0.323 e. The average Bonchev–Trinajstić information content (AvgIpc) is 3.00. The lowest BCUT2D eigenvalue weighted by atomic mass is 9.50. The molecule has 0 aromatic heterocycles. The molecule has 7 atom stereocenters. The summed E-state index contributed by atoms with van der Waals surface area (Å²) in [6.45, 7) is 24.2. The van der Waals surface area contributed by atoms with E-state index < -0.39 is 0 Å². The summed E-state index contributed by atoms with van der Waals surface area (Å²) in [6, 6.07) is 0. The Morgan fingerprint density at radius 1 is 0.840 bits per heavy atom. The second-order valence-corrected chi connectivity index (χ2v) is 10.1. The summed E-state index contributed by atoms with van der Waals surface area (Å²) < 4.78 is 1.44. The van der Waals surface area contributed by atoms with E-state index in [1.165, 1.54) is 56.7 Å². The van der Waals surface area contributed by atoms with E-state index in [4.69, 9.17) is 0 Å². The first-order chi connectivity index (χ1) is 12.0. The lowest BCUT2D eigenvalue weighted by molar-refractivity contribution is -0.920. The van der Waals surface area contributed by atoms with Gasteiger partial charge in [0.15, 0.2) is 0 Å². The van der Waals surface area contributed by atoms with E-state index in [2.05, 4.69) is 46.4 Å². The zero-order valence-electron chi connectivity index (χ0n) is 18.0. The summed E-state index contributed by atoms with van der Waals surface area (Å²) >= 11 is 0. The molecule has 0 N–H and O–H groups in total. The predicted molar refractivity (Wildman–Crippen MR) is 108 cm³/mol. The SMILES string of the molecule is CCC1C2CCC(C1CN(CC)CC)C1C[N+](CC)(CC(C)C)CC21. The van der Waals surface area contributed by atoms with E-state index >= 15 is 0 Å². The number of hydrogen-bond donors (Lipinski definition) is 0. The van der Waals surface area contributed by atoms with E-state index in [0.29, 0.717) is 0 Å². The van der Waals surface area contributed by atoms with Crippen molar-refractivity contribution in [3.63, 3.8) is 0 Å². The quantitative estimate of drug-likeness (QED) is 0.572. The van der Waals surface area contributed by atoms with Crippen LogP contribution in [-0.2, 0) is 0 Å². The lowest BCUT2D eigenvalue weighted by Gasteiger charge is -2.54. The van der Waals surface area contributed by atoms with Gasteiger partial charge < -0.3 is 9.38 Å². The number of quaternary nitrogens is 1. The standard InChI is InChI=1S/C23H45N2/c1-7-18-19-11-12-20(21(18)13-24(8-2)9-3)23-16-25(10-4,14-17(5)6)15-22(19)23/h17-23H,7-16H2,1-6H3/q+1. The summed E-state index contributed by atoms with van der Waals surface area (Å²) in [5, 5.41) is 0. The van der Waals surface area contributed by atoms with Crippen LogP contribution in [-0.4, -0.2) is 55.2 Å². The van der Waals surface area contributed by atoms with Crippen LogP contribution in [0.4, 0.5) is 0 Å². The molecule has 2 nitrogen and oxygen atoms in total. The first-order valence-corrected chi connectivity index (χ1v) is 11.6. The monoisotopic (exact) mass is 349 g/mol. The van der Waals surface area contributed by atoms with Gasteiger partial charge in [0.1, 0.15) is 0 Å². The molecule has 1 aliphatic heterocycles. The molecule has 3 saturated carbocycles. The highest BCUT2D eigenvalue weighted by Gasteiger charge is 2.60. The summed E-state index contributed by atoms with van der Waals surface area (Å²) in [6.07, 6.45) is 4.51. The van der Waals surface area contributed by atoms with Crippen molar-refractivity contribution in [2.24, 2.45) is 41.4 Å². The summed E-state index contributed by atoms with van der Waals surface area (Å²) in [5.41, 5.74) is 0. The van der Waals surface area contributed by atoms with Gasteiger partial charge in [-0.05, 0) is 56.5 Å². The molecule has 2 bridgehead atoms. The normalized spacial score (nSPS) is 43.2. The van der Waals surface area contributed by atoms with Gasteiger partial charge in [0.25, 0.3) is 0 Å². The highest BCUT2D eigenvalue weighted by Crippen LogP contribution is 2.59. The maximum atomic E-state index is 2.72. The van der Waals surface area contributed by atoms with E-state index in [-0.39, 0.29) is 0 Å². The Hall–Kier alpha value is -0.0800. The van der Waals surface area contributed by atoms with Crippen molar-refractivity contribution in [2.75, 3.05) is 45.8 Å². The van der Waals surface area contributed by atoms with Gasteiger partial charge in [-0.25, -0.2) is 0 Å². The van der Waals surface area contributed by atoms with Crippen LogP contribution in [0.2, 0.25) is 0 Å². The van der Waals surface area contributed by atoms with Gasteiger partial charge >= 0.3 is 0 Å². The third-order valence-electron chi connectivity index (χ3n) is 8.59. The van der Waals surface area contributed by atoms with Crippen LogP contribution in [0.5, 0.6) is 0 Å². The van der Waals surface area contributed by atoms with Crippen molar-refractivity contribution in [1.82, 2.24) is 4.90 Å². The van der Waals surface area contributed by atoms with Crippen LogP contribution in [0.25, 0.3) is 0 Å². The minimum absolute atomic E-state index is 0.839. The fourth-order valence-electron chi connectivity index (χ4n) is 7.62. The number of hydrogen-bond acceptors (Lipinski definition) is 1. The molecule has 0 amide bonds. The molecule has 0 aromatic rings. The molecule has 0 radical (unpaired) electrons. The number of likely N-dealkylation sites (tertiary alicyclic amines) is 1. The fourth-order valence-corrected chi connectivity index (χ4v) is 7.62. The first-order valence-electron chi connectivity index (χ1n) is 11.6. The summed E-state index contributed by atoms with van der Waals surface area (Å²) in [7, 11) is 0. The van der Waals surface area contributed by atoms with Crippen LogP contribution in [0.15, 0.2) is 0 Å². The molecule has 4 aliphatic rings. The molecule has 4 rings (SSSR count). The van der Waals surface area contributed by atoms with Gasteiger partial charge in [0, 0.05) is 24.3 Å². The Bertz CT molecular complexity index is 430. The topological polar surface area (TPSA) is 3.24 Å². The van der Waals surface area contributed by atoms with Gasteiger partial charge in [-0.3, -0.25) is 0 Å². The highest BCUT2D eigenvalue weighted by molar-refractivity contribution is 5.03. The molecule has 25 heavy (non-hydrogen) atoms. The van der Waals surface area contributed by atoms with Gasteiger partial charge in [-0.1, -0.05) is 41.0 Å². The lowest BCUT2D eigenvalue weighted by Crippen LogP contribution is -2.53. The van der Waals surface area contributed by atoms with Crippen LogP contribution in [0.3, 0.4) is 0 Å². The zero-order chi connectivity index (χ0) is 18.2. The molecule has 1 saturated heterocycles. The maximum absolute atomic E-state index is 2.72. The Kier molecular flexibility index (Phi) is 6.21. The van der Waals surface area contributed by atoms with Crippen molar-refractivity contribution in [3.8, 4) is 0 Å². The Morgan fingerprint density at radius 2 is 1.40 bits per heavy atom. The third-order valence-corrected chi connectivity index (χ3v) is 8.59. The molecule has 2 heteroatoms. The van der Waals surface area contributed by atoms with Crippen molar-refractivity contribution in [3.05, 3.63) is 0 Å². The summed E-state index contributed by atoms with van der Waals surface area (Å²) in [5.74, 6) is 7.00. The molecule has 0 spiro atoms. The zero-order valence-corrected chi connectivity index (χ0v) is 18.0. The number of fused-ring (bicyclic) bond motifs is 2. The van der Waals surface area contributed by atoms with Crippen molar-refractivity contribution >= 4 is 0 Å². The minimum atomic E-state index is 0.839. The third kappa shape index (κ3) is 3.55. The van der Waals surface area contributed by atoms with Crippen LogP contribution >= 0.6 is 0 Å². The molecule has 1 heterocycles. The van der Waals surface area contributed by atoms with E-state index in [9.17, 15) is 0 Å². The van der Waals surface area contributed by atoms with Crippen LogP contribution < -0.4 is 0 Å². The van der Waals surface area contributed by atoms with Gasteiger partial charge in [-0.15, -0.1) is 0 Å². The van der Waals surface area contributed by atoms with Crippen LogP contribution in [0, 0.1) is 41.4 Å². The smallest absolute Gasteiger partial charge is 0.0823 e. The molecule has 4 fully saturated rings. The van der Waals surface area contributed by atoms with Crippen LogP contribution in [0.1, 0.15) is 60.8 Å². The average molecular weight is 350 g/mol. The van der Waals surface area contributed by atoms with E-state index in [0.717, 1.165) is 41.4 Å². The second-order valence-electron chi connectivity index (χ2n) is 10.1. The summed E-state index contributed by atoms with van der Waals surface area (Å²) in [4.78, 5) is 2.72. The number of nitrogens with zero attached hydrogens (tertiary/aromatic N) is 2. The second kappa shape index (κ2) is 7.89. The predicted octanol–water partition coefficient (Wildman–Crippen LogP) is 4.75. The van der Waals surface area contributed by atoms with Crippen molar-refractivity contribution in [2.45, 2.75) is 60.8 Å². The first kappa shape index (κ1) is 19.7. The Balaban J connectivity index is 1.82. The van der Waals surface area contributed by atoms with Crippen molar-refractivity contribution in [1.29, 1.82) is 0 Å². The molecule has 146 valence electrons. The maximum Gasteiger partial charge on any atom is 0.0823 e. The molecular formula is C23H45N2+. The van der Waals surface area contributed by atoms with E-state index in [1.807, 2.05) is 0 Å². The minimum Gasteiger partial charge on any atom is -0.323 e. The highest BCUT2D eigenvalue weighted by atomic mass is 15.4. The Labute approximate surface area is 157 Å². The number of rotatable bonds is 8. The molecule has 7 unspecified atom stereocenters. The molecular weight excluding hydrogens is 304 g/mol. The fraction of sp³-hybridized carbons (Fsp3) is 1.00. The molecule has 3 aliphatic carbocycles.